The quantitative estimate of drug-likeness (QED) is 0.536. The molecule has 5 heteroatoms. The number of imide groups is 1. The van der Waals surface area contributed by atoms with Gasteiger partial charge in [0.15, 0.2) is 0 Å². The van der Waals surface area contributed by atoms with Crippen molar-refractivity contribution in [2.24, 2.45) is 0 Å². The Morgan fingerprint density at radius 3 is 2.34 bits per heavy atom. The second-order valence-electron chi connectivity index (χ2n) is 7.89. The lowest BCUT2D eigenvalue weighted by Gasteiger charge is -2.18. The van der Waals surface area contributed by atoms with Crippen LogP contribution in [0, 0.1) is 20.8 Å². The molecule has 0 saturated carbocycles. The van der Waals surface area contributed by atoms with E-state index in [9.17, 15) is 9.59 Å². The Morgan fingerprint density at radius 2 is 1.62 bits per heavy atom. The monoisotopic (exact) mass is 426 g/mol. The van der Waals surface area contributed by atoms with Crippen molar-refractivity contribution in [3.05, 3.63) is 94.7 Å². The second kappa shape index (κ2) is 8.71. The van der Waals surface area contributed by atoms with E-state index in [0.29, 0.717) is 29.3 Å². The van der Waals surface area contributed by atoms with Crippen molar-refractivity contribution in [3.8, 4) is 5.75 Å². The summed E-state index contributed by atoms with van der Waals surface area (Å²) in [5, 5.41) is 3.22. The van der Waals surface area contributed by atoms with Crippen LogP contribution in [0.25, 0.3) is 5.57 Å². The normalized spacial score (nSPS) is 13.7. The Bertz CT molecular complexity index is 1240. The summed E-state index contributed by atoms with van der Waals surface area (Å²) in [5.41, 5.74) is 5.54. The molecule has 1 N–H and O–H groups in total. The number of benzene rings is 3. The van der Waals surface area contributed by atoms with Crippen LogP contribution in [0.15, 0.2) is 72.4 Å². The van der Waals surface area contributed by atoms with Gasteiger partial charge in [-0.05, 0) is 62.6 Å². The number of amides is 2. The fourth-order valence-electron chi connectivity index (χ4n) is 4.00. The van der Waals surface area contributed by atoms with Gasteiger partial charge in [0.25, 0.3) is 11.8 Å². The molecule has 3 aromatic carbocycles. The first-order valence-corrected chi connectivity index (χ1v) is 10.7. The summed E-state index contributed by atoms with van der Waals surface area (Å²) in [6, 6.07) is 20.7. The van der Waals surface area contributed by atoms with Crippen LogP contribution >= 0.6 is 0 Å². The van der Waals surface area contributed by atoms with Crippen LogP contribution in [-0.4, -0.2) is 18.4 Å². The van der Waals surface area contributed by atoms with Crippen LogP contribution in [0.3, 0.4) is 0 Å². The fourth-order valence-corrected chi connectivity index (χ4v) is 4.00. The minimum atomic E-state index is -0.374. The molecule has 0 bridgehead atoms. The smallest absolute Gasteiger partial charge is 0.282 e. The highest BCUT2D eigenvalue weighted by Crippen LogP contribution is 2.36. The first kappa shape index (κ1) is 21.4. The lowest BCUT2D eigenvalue weighted by atomic mass is 9.97. The van der Waals surface area contributed by atoms with Gasteiger partial charge in [0.2, 0.25) is 0 Å². The molecule has 1 aliphatic rings. The van der Waals surface area contributed by atoms with E-state index in [4.69, 9.17) is 4.74 Å². The van der Waals surface area contributed by atoms with Gasteiger partial charge in [0.1, 0.15) is 11.4 Å². The molecule has 0 aromatic heterocycles. The van der Waals surface area contributed by atoms with Crippen LogP contribution in [0.5, 0.6) is 5.75 Å². The average Bonchev–Trinajstić information content (AvgIpc) is 2.99. The molecule has 162 valence electrons. The summed E-state index contributed by atoms with van der Waals surface area (Å²) in [6.07, 6.45) is 0. The van der Waals surface area contributed by atoms with Crippen molar-refractivity contribution >= 4 is 28.8 Å². The molecule has 0 atom stereocenters. The summed E-state index contributed by atoms with van der Waals surface area (Å²) in [7, 11) is 0. The number of hydrogen-bond acceptors (Lipinski definition) is 4. The molecular formula is C27H26N2O3. The number of para-hydroxylation sites is 1. The van der Waals surface area contributed by atoms with Crippen LogP contribution in [0.2, 0.25) is 0 Å². The molecule has 4 rings (SSSR count). The van der Waals surface area contributed by atoms with E-state index < -0.39 is 0 Å². The summed E-state index contributed by atoms with van der Waals surface area (Å²) in [4.78, 5) is 28.5. The maximum atomic E-state index is 13.7. The topological polar surface area (TPSA) is 58.6 Å². The number of nitrogens with zero attached hydrogens (tertiary/aromatic N) is 1. The van der Waals surface area contributed by atoms with Gasteiger partial charge in [-0.1, -0.05) is 48.0 Å². The summed E-state index contributed by atoms with van der Waals surface area (Å²) < 4.78 is 5.59. The Hall–Kier alpha value is -3.86. The predicted octanol–water partition coefficient (Wildman–Crippen LogP) is 5.41. The number of ether oxygens (including phenoxy) is 1. The van der Waals surface area contributed by atoms with E-state index in [0.717, 1.165) is 22.3 Å². The zero-order valence-electron chi connectivity index (χ0n) is 18.7. The van der Waals surface area contributed by atoms with Crippen molar-refractivity contribution in [2.45, 2.75) is 27.7 Å². The molecule has 0 aliphatic carbocycles. The van der Waals surface area contributed by atoms with Gasteiger partial charge in [0.05, 0.1) is 17.9 Å². The molecule has 2 amide bonds. The third-order valence-electron chi connectivity index (χ3n) is 5.51. The Balaban J connectivity index is 1.85. The highest BCUT2D eigenvalue weighted by molar-refractivity contribution is 6.46. The minimum absolute atomic E-state index is 0.263. The molecule has 0 saturated heterocycles. The summed E-state index contributed by atoms with van der Waals surface area (Å²) in [5.74, 6) is -0.0143. The third kappa shape index (κ3) is 3.89. The number of anilines is 2. The molecule has 0 fully saturated rings. The molecular weight excluding hydrogens is 400 g/mol. The zero-order chi connectivity index (χ0) is 22.8. The maximum Gasteiger partial charge on any atom is 0.282 e. The van der Waals surface area contributed by atoms with Gasteiger partial charge in [0, 0.05) is 11.8 Å². The van der Waals surface area contributed by atoms with E-state index in [-0.39, 0.29) is 17.5 Å². The standard InChI is InChI=1S/C27H26N2O3/c1-5-32-21-11-8-10-20(16-21)28-25-24(22-14-13-17(2)15-19(22)4)26(30)29(27(25)31)23-12-7-6-9-18(23)3/h6-16,28H,5H2,1-4H3. The van der Waals surface area contributed by atoms with E-state index in [2.05, 4.69) is 5.32 Å². The van der Waals surface area contributed by atoms with Crippen molar-refractivity contribution < 1.29 is 14.3 Å². The lowest BCUT2D eigenvalue weighted by Crippen LogP contribution is -2.33. The molecule has 1 heterocycles. The number of hydrogen-bond donors (Lipinski definition) is 1. The number of carbonyl (C=O) groups is 2. The Morgan fingerprint density at radius 1 is 0.844 bits per heavy atom. The van der Waals surface area contributed by atoms with Crippen LogP contribution in [0.4, 0.5) is 11.4 Å². The van der Waals surface area contributed by atoms with Crippen LogP contribution in [-0.2, 0) is 9.59 Å². The van der Waals surface area contributed by atoms with Crippen LogP contribution < -0.4 is 15.0 Å². The predicted molar refractivity (Wildman–Crippen MR) is 128 cm³/mol. The average molecular weight is 427 g/mol. The second-order valence-corrected chi connectivity index (χ2v) is 7.89. The van der Waals surface area contributed by atoms with E-state index in [1.54, 1.807) is 6.07 Å². The van der Waals surface area contributed by atoms with Gasteiger partial charge in [-0.15, -0.1) is 0 Å². The molecule has 1 aliphatic heterocycles. The molecule has 0 unspecified atom stereocenters. The third-order valence-corrected chi connectivity index (χ3v) is 5.51. The van der Waals surface area contributed by atoms with Crippen molar-refractivity contribution in [2.75, 3.05) is 16.8 Å². The number of rotatable bonds is 6. The van der Waals surface area contributed by atoms with E-state index >= 15 is 0 Å². The number of carbonyl (C=O) groups excluding carboxylic acids is 2. The fraction of sp³-hybridized carbons (Fsp3) is 0.185. The largest absolute Gasteiger partial charge is 0.494 e. The van der Waals surface area contributed by atoms with Crippen molar-refractivity contribution in [1.82, 2.24) is 0 Å². The van der Waals surface area contributed by atoms with Gasteiger partial charge in [-0.25, -0.2) is 4.90 Å². The highest BCUT2D eigenvalue weighted by atomic mass is 16.5. The van der Waals surface area contributed by atoms with Gasteiger partial charge in [-0.3, -0.25) is 9.59 Å². The summed E-state index contributed by atoms with van der Waals surface area (Å²) in [6.45, 7) is 8.31. The summed E-state index contributed by atoms with van der Waals surface area (Å²) >= 11 is 0. The first-order valence-electron chi connectivity index (χ1n) is 10.7. The van der Waals surface area contributed by atoms with Crippen molar-refractivity contribution in [3.63, 3.8) is 0 Å². The number of nitrogens with one attached hydrogen (secondary N) is 1. The van der Waals surface area contributed by atoms with E-state index in [1.807, 2.05) is 88.4 Å². The zero-order valence-corrected chi connectivity index (χ0v) is 18.7. The van der Waals surface area contributed by atoms with Crippen molar-refractivity contribution in [1.29, 1.82) is 0 Å². The molecule has 5 nitrogen and oxygen atoms in total. The lowest BCUT2D eigenvalue weighted by molar-refractivity contribution is -0.120. The number of aryl methyl sites for hydroxylation is 3. The van der Waals surface area contributed by atoms with Crippen LogP contribution in [0.1, 0.15) is 29.2 Å². The van der Waals surface area contributed by atoms with E-state index in [1.165, 1.54) is 4.90 Å². The van der Waals surface area contributed by atoms with Gasteiger partial charge < -0.3 is 10.1 Å². The van der Waals surface area contributed by atoms with Gasteiger partial charge in [-0.2, -0.15) is 0 Å². The maximum absolute atomic E-state index is 13.7. The molecule has 0 radical (unpaired) electrons. The SMILES string of the molecule is CCOc1cccc(NC2=C(c3ccc(C)cc3C)C(=O)N(c3ccccc3C)C2=O)c1. The minimum Gasteiger partial charge on any atom is -0.494 e. The molecule has 0 spiro atoms. The van der Waals surface area contributed by atoms with Gasteiger partial charge >= 0.3 is 0 Å². The first-order chi connectivity index (χ1) is 15.4. The molecule has 3 aromatic rings. The highest BCUT2D eigenvalue weighted by Gasteiger charge is 2.41. The molecule has 32 heavy (non-hydrogen) atoms. The Labute approximate surface area is 188 Å². The Kier molecular flexibility index (Phi) is 5.82.